The van der Waals surface area contributed by atoms with Crippen LogP contribution >= 0.6 is 0 Å². The Morgan fingerprint density at radius 3 is 2.31 bits per heavy atom. The molecule has 0 fully saturated rings. The molecule has 1 amide bonds. The van der Waals surface area contributed by atoms with Crippen LogP contribution in [0.4, 0.5) is 4.79 Å². The van der Waals surface area contributed by atoms with Crippen molar-refractivity contribution >= 4 is 12.1 Å². The predicted octanol–water partition coefficient (Wildman–Crippen LogP) is 1.87. The summed E-state index contributed by atoms with van der Waals surface area (Å²) < 4.78 is 9.73. The fraction of sp³-hybridized carbons (Fsp3) is 0.727. The van der Waals surface area contributed by atoms with E-state index in [1.165, 1.54) is 6.92 Å². The van der Waals surface area contributed by atoms with E-state index in [0.717, 1.165) is 0 Å². The Morgan fingerprint density at radius 2 is 1.88 bits per heavy atom. The molecule has 1 N–H and O–H groups in total. The van der Waals surface area contributed by atoms with Crippen molar-refractivity contribution in [3.8, 4) is 0 Å². The topological polar surface area (TPSA) is 64.6 Å². The third-order valence-electron chi connectivity index (χ3n) is 1.60. The Morgan fingerprint density at radius 1 is 1.31 bits per heavy atom. The lowest BCUT2D eigenvalue weighted by Crippen LogP contribution is -2.33. The first-order valence-electron chi connectivity index (χ1n) is 5.22. The van der Waals surface area contributed by atoms with Gasteiger partial charge in [-0.2, -0.15) is 0 Å². The molecule has 0 heterocycles. The molecule has 0 saturated carbocycles. The standard InChI is InChI=1S/C11H20NO4/c1-6-7-12-10(14)16-8(2)15-9(13)11(3,4)5/h8H,1,6-7H2,2-5H3,(H,12,14). The van der Waals surface area contributed by atoms with E-state index in [4.69, 9.17) is 9.47 Å². The van der Waals surface area contributed by atoms with E-state index in [9.17, 15) is 9.59 Å². The van der Waals surface area contributed by atoms with Gasteiger partial charge < -0.3 is 14.8 Å². The first-order valence-corrected chi connectivity index (χ1v) is 5.22. The molecule has 16 heavy (non-hydrogen) atoms. The summed E-state index contributed by atoms with van der Waals surface area (Å²) in [7, 11) is 0. The van der Waals surface area contributed by atoms with Crippen LogP contribution in [0, 0.1) is 12.3 Å². The zero-order valence-electron chi connectivity index (χ0n) is 10.3. The molecule has 93 valence electrons. The number of hydrogen-bond acceptors (Lipinski definition) is 4. The fourth-order valence-electron chi connectivity index (χ4n) is 0.734. The summed E-state index contributed by atoms with van der Waals surface area (Å²) >= 11 is 0. The van der Waals surface area contributed by atoms with E-state index < -0.39 is 23.8 Å². The molecule has 0 aromatic heterocycles. The number of carbonyl (C=O) groups is 2. The quantitative estimate of drug-likeness (QED) is 0.591. The monoisotopic (exact) mass is 230 g/mol. The predicted molar refractivity (Wildman–Crippen MR) is 59.5 cm³/mol. The molecule has 0 saturated heterocycles. The Balaban J connectivity index is 3.95. The van der Waals surface area contributed by atoms with Crippen LogP contribution in [0.25, 0.3) is 0 Å². The van der Waals surface area contributed by atoms with Gasteiger partial charge >= 0.3 is 12.1 Å². The second-order valence-corrected chi connectivity index (χ2v) is 4.41. The highest BCUT2D eigenvalue weighted by Crippen LogP contribution is 2.16. The van der Waals surface area contributed by atoms with Crippen molar-refractivity contribution < 1.29 is 19.1 Å². The summed E-state index contributed by atoms with van der Waals surface area (Å²) in [6.45, 7) is 10.7. The van der Waals surface area contributed by atoms with Crippen LogP contribution in [-0.4, -0.2) is 24.9 Å². The van der Waals surface area contributed by atoms with E-state index in [0.29, 0.717) is 13.0 Å². The van der Waals surface area contributed by atoms with Gasteiger partial charge in [-0.15, -0.1) is 0 Å². The Kier molecular flexibility index (Phi) is 5.85. The van der Waals surface area contributed by atoms with E-state index in [1.807, 2.05) is 0 Å². The van der Waals surface area contributed by atoms with Gasteiger partial charge in [-0.05, 0) is 27.2 Å². The van der Waals surface area contributed by atoms with Crippen molar-refractivity contribution in [3.05, 3.63) is 6.92 Å². The van der Waals surface area contributed by atoms with Gasteiger partial charge in [0.15, 0.2) is 0 Å². The summed E-state index contributed by atoms with van der Waals surface area (Å²) in [5.74, 6) is -0.412. The molecule has 1 radical (unpaired) electrons. The zero-order chi connectivity index (χ0) is 12.8. The van der Waals surface area contributed by atoms with Crippen molar-refractivity contribution in [1.29, 1.82) is 0 Å². The molecule has 5 heteroatoms. The Bertz CT molecular complexity index is 245. The largest absolute Gasteiger partial charge is 0.425 e. The number of ether oxygens (including phenoxy) is 2. The van der Waals surface area contributed by atoms with E-state index >= 15 is 0 Å². The number of amides is 1. The second kappa shape index (κ2) is 6.35. The lowest BCUT2D eigenvalue weighted by atomic mass is 9.97. The van der Waals surface area contributed by atoms with Crippen LogP contribution in [0.5, 0.6) is 0 Å². The molecule has 5 nitrogen and oxygen atoms in total. The summed E-state index contributed by atoms with van der Waals surface area (Å²) in [4.78, 5) is 22.5. The molecule has 1 unspecified atom stereocenters. The molecule has 0 aromatic rings. The summed E-state index contributed by atoms with van der Waals surface area (Å²) in [6, 6.07) is 0. The van der Waals surface area contributed by atoms with E-state index in [-0.39, 0.29) is 0 Å². The lowest BCUT2D eigenvalue weighted by molar-refractivity contribution is -0.174. The van der Waals surface area contributed by atoms with Gasteiger partial charge in [-0.3, -0.25) is 4.79 Å². The molecule has 1 atom stereocenters. The van der Waals surface area contributed by atoms with Crippen LogP contribution in [-0.2, 0) is 14.3 Å². The van der Waals surface area contributed by atoms with Gasteiger partial charge in [0.1, 0.15) is 0 Å². The maximum Gasteiger partial charge on any atom is 0.410 e. The summed E-state index contributed by atoms with van der Waals surface area (Å²) in [5.41, 5.74) is -0.610. The van der Waals surface area contributed by atoms with Crippen molar-refractivity contribution in [3.63, 3.8) is 0 Å². The average Bonchev–Trinajstić information content (AvgIpc) is 2.12. The SMILES string of the molecule is [CH2]CCNC(=O)OC(C)OC(=O)C(C)(C)C. The van der Waals surface area contributed by atoms with Crippen molar-refractivity contribution in [2.75, 3.05) is 6.54 Å². The smallest absolute Gasteiger partial charge is 0.410 e. The maximum atomic E-state index is 11.4. The Hall–Kier alpha value is -1.26. The molecule has 0 aromatic carbocycles. The van der Waals surface area contributed by atoms with Crippen molar-refractivity contribution in [2.24, 2.45) is 5.41 Å². The van der Waals surface area contributed by atoms with Gasteiger partial charge in [0, 0.05) is 13.5 Å². The Labute approximate surface area is 96.5 Å². The van der Waals surface area contributed by atoms with Gasteiger partial charge in [-0.25, -0.2) is 4.79 Å². The zero-order valence-corrected chi connectivity index (χ0v) is 10.3. The summed E-state index contributed by atoms with van der Waals surface area (Å²) in [6.07, 6.45) is -0.931. The minimum Gasteiger partial charge on any atom is -0.425 e. The second-order valence-electron chi connectivity index (χ2n) is 4.41. The molecule has 0 aliphatic heterocycles. The van der Waals surface area contributed by atoms with Gasteiger partial charge in [0.05, 0.1) is 5.41 Å². The highest BCUT2D eigenvalue weighted by atomic mass is 16.7. The number of esters is 1. The molecule has 0 aliphatic carbocycles. The van der Waals surface area contributed by atoms with Crippen LogP contribution in [0.2, 0.25) is 0 Å². The highest BCUT2D eigenvalue weighted by molar-refractivity contribution is 5.75. The fourth-order valence-corrected chi connectivity index (χ4v) is 0.734. The van der Waals surface area contributed by atoms with Crippen LogP contribution in [0.1, 0.15) is 34.1 Å². The number of carbonyl (C=O) groups excluding carboxylic acids is 2. The first kappa shape index (κ1) is 14.7. The van der Waals surface area contributed by atoms with Gasteiger partial charge in [-0.1, -0.05) is 6.92 Å². The first-order chi connectivity index (χ1) is 7.27. The number of rotatable bonds is 4. The molecule has 0 rings (SSSR count). The van der Waals surface area contributed by atoms with Crippen molar-refractivity contribution in [1.82, 2.24) is 5.32 Å². The van der Waals surface area contributed by atoms with Crippen LogP contribution < -0.4 is 5.32 Å². The van der Waals surface area contributed by atoms with Crippen LogP contribution in [0.15, 0.2) is 0 Å². The van der Waals surface area contributed by atoms with E-state index in [2.05, 4.69) is 12.2 Å². The molecular formula is C11H20NO4. The molecule has 0 spiro atoms. The molecule has 0 bridgehead atoms. The third-order valence-corrected chi connectivity index (χ3v) is 1.60. The van der Waals surface area contributed by atoms with Crippen LogP contribution in [0.3, 0.4) is 0 Å². The third kappa shape index (κ3) is 6.27. The van der Waals surface area contributed by atoms with Gasteiger partial charge in [0.2, 0.25) is 6.29 Å². The molecule has 0 aliphatic rings. The lowest BCUT2D eigenvalue weighted by Gasteiger charge is -2.20. The maximum absolute atomic E-state index is 11.4. The van der Waals surface area contributed by atoms with Crippen molar-refractivity contribution in [2.45, 2.75) is 40.4 Å². The number of hydrogen-bond donors (Lipinski definition) is 1. The average molecular weight is 230 g/mol. The summed E-state index contributed by atoms with van der Waals surface area (Å²) in [5, 5.41) is 2.46. The number of nitrogens with one attached hydrogen (secondary N) is 1. The normalized spacial score (nSPS) is 12.8. The highest BCUT2D eigenvalue weighted by Gasteiger charge is 2.25. The molecular weight excluding hydrogens is 210 g/mol. The number of alkyl carbamates (subject to hydrolysis) is 1. The minimum absolute atomic E-state index is 0.412. The van der Waals surface area contributed by atoms with Gasteiger partial charge in [0.25, 0.3) is 0 Å². The minimum atomic E-state index is -0.892. The van der Waals surface area contributed by atoms with E-state index in [1.54, 1.807) is 20.8 Å².